The zero-order valence-electron chi connectivity index (χ0n) is 19.8. The summed E-state index contributed by atoms with van der Waals surface area (Å²) in [6.07, 6.45) is 0. The first-order valence-electron chi connectivity index (χ1n) is 11.6. The van der Waals surface area contributed by atoms with Gasteiger partial charge in [-0.25, -0.2) is 23.1 Å². The summed E-state index contributed by atoms with van der Waals surface area (Å²) < 4.78 is 42.6. The number of aromatic nitrogens is 2. The number of rotatable bonds is 5. The van der Waals surface area contributed by atoms with Crippen molar-refractivity contribution < 1.29 is 13.2 Å². The minimum atomic E-state index is -0.556. The number of nitrogens with one attached hydrogen (secondary N) is 1. The van der Waals surface area contributed by atoms with Crippen molar-refractivity contribution in [2.45, 2.75) is 0 Å². The van der Waals surface area contributed by atoms with Gasteiger partial charge in [-0.3, -0.25) is 0 Å². The van der Waals surface area contributed by atoms with Gasteiger partial charge in [0.15, 0.2) is 0 Å². The maximum atomic E-state index is 15.1. The van der Waals surface area contributed by atoms with E-state index in [-0.39, 0.29) is 21.8 Å². The molecule has 1 aromatic heterocycles. The smallest absolute Gasteiger partial charge is 0.228 e. The lowest BCUT2D eigenvalue weighted by Gasteiger charge is -2.34. The van der Waals surface area contributed by atoms with E-state index in [0.717, 1.165) is 26.2 Å². The van der Waals surface area contributed by atoms with E-state index in [1.807, 2.05) is 11.9 Å². The molecule has 0 atom stereocenters. The predicted octanol–water partition coefficient (Wildman–Crippen LogP) is 7.03. The summed E-state index contributed by atoms with van der Waals surface area (Å²) >= 11 is 12.0. The van der Waals surface area contributed by atoms with Crippen LogP contribution in [0.5, 0.6) is 0 Å². The lowest BCUT2D eigenvalue weighted by Crippen LogP contribution is -2.44. The number of piperazine rings is 1. The van der Waals surface area contributed by atoms with Crippen LogP contribution in [-0.4, -0.2) is 48.1 Å². The zero-order chi connectivity index (χ0) is 26.1. The van der Waals surface area contributed by atoms with Crippen LogP contribution >= 0.6 is 23.2 Å². The van der Waals surface area contributed by atoms with Crippen LogP contribution in [0.3, 0.4) is 0 Å². The molecule has 10 heteroatoms. The summed E-state index contributed by atoms with van der Waals surface area (Å²) in [6, 6.07) is 15.0. The molecule has 0 aliphatic carbocycles. The lowest BCUT2D eigenvalue weighted by atomic mass is 10.1. The third-order valence-electron chi connectivity index (χ3n) is 6.20. The summed E-state index contributed by atoms with van der Waals surface area (Å²) in [4.78, 5) is 13.3. The molecule has 2 heterocycles. The normalized spacial score (nSPS) is 14.2. The molecule has 5 nitrogen and oxygen atoms in total. The average Bonchev–Trinajstić information content (AvgIpc) is 2.88. The van der Waals surface area contributed by atoms with Gasteiger partial charge in [-0.1, -0.05) is 23.2 Å². The van der Waals surface area contributed by atoms with Gasteiger partial charge >= 0.3 is 0 Å². The molecule has 3 aromatic carbocycles. The summed E-state index contributed by atoms with van der Waals surface area (Å²) in [7, 11) is 2.04. The second kappa shape index (κ2) is 10.6. The fraction of sp³-hybridized carbons (Fsp3) is 0.185. The van der Waals surface area contributed by atoms with Gasteiger partial charge in [0.05, 0.1) is 27.1 Å². The molecule has 1 fully saturated rings. The van der Waals surface area contributed by atoms with Gasteiger partial charge in [0.2, 0.25) is 5.95 Å². The second-order valence-corrected chi connectivity index (χ2v) is 9.62. The Hall–Kier alpha value is -3.33. The SMILES string of the molecule is CN1CCN(c2ccc(Nc3nc(-c4ccc(F)c(Cl)c4)cc(-c4ccc(F)c(Cl)c4)n3)cc2F)CC1. The highest BCUT2D eigenvalue weighted by Crippen LogP contribution is 2.31. The van der Waals surface area contributed by atoms with Crippen LogP contribution in [-0.2, 0) is 0 Å². The van der Waals surface area contributed by atoms with E-state index in [9.17, 15) is 8.78 Å². The molecule has 37 heavy (non-hydrogen) atoms. The Kier molecular flexibility index (Phi) is 7.24. The van der Waals surface area contributed by atoms with Gasteiger partial charge < -0.3 is 15.1 Å². The first-order valence-corrected chi connectivity index (χ1v) is 12.3. The van der Waals surface area contributed by atoms with Gasteiger partial charge in [-0.05, 0) is 67.7 Å². The topological polar surface area (TPSA) is 44.3 Å². The van der Waals surface area contributed by atoms with Crippen LogP contribution in [0.2, 0.25) is 10.0 Å². The van der Waals surface area contributed by atoms with Crippen LogP contribution in [0.1, 0.15) is 0 Å². The van der Waals surface area contributed by atoms with E-state index in [4.69, 9.17) is 23.2 Å². The molecule has 0 saturated carbocycles. The number of hydrogen-bond acceptors (Lipinski definition) is 5. The molecule has 190 valence electrons. The van der Waals surface area contributed by atoms with Crippen LogP contribution in [0.15, 0.2) is 60.7 Å². The summed E-state index contributed by atoms with van der Waals surface area (Å²) in [5.41, 5.74) is 2.95. The van der Waals surface area contributed by atoms with Crippen LogP contribution in [0.25, 0.3) is 22.5 Å². The number of benzene rings is 3. The minimum Gasteiger partial charge on any atom is -0.367 e. The Morgan fingerprint density at radius 3 is 1.78 bits per heavy atom. The summed E-state index contributed by atoms with van der Waals surface area (Å²) in [5, 5.41) is 2.94. The highest BCUT2D eigenvalue weighted by molar-refractivity contribution is 6.31. The number of nitrogens with zero attached hydrogens (tertiary/aromatic N) is 4. The van der Waals surface area contributed by atoms with Crippen molar-refractivity contribution in [3.8, 4) is 22.5 Å². The van der Waals surface area contributed by atoms with Crippen molar-refractivity contribution in [3.63, 3.8) is 0 Å². The van der Waals surface area contributed by atoms with Crippen molar-refractivity contribution in [2.24, 2.45) is 0 Å². The van der Waals surface area contributed by atoms with Crippen LogP contribution in [0, 0.1) is 17.5 Å². The summed E-state index contributed by atoms with van der Waals surface area (Å²) in [5.74, 6) is -1.31. The highest BCUT2D eigenvalue weighted by atomic mass is 35.5. The van der Waals surface area contributed by atoms with Gasteiger partial charge in [-0.15, -0.1) is 0 Å². The fourth-order valence-electron chi connectivity index (χ4n) is 4.13. The predicted molar refractivity (Wildman–Crippen MR) is 142 cm³/mol. The molecule has 0 bridgehead atoms. The lowest BCUT2D eigenvalue weighted by molar-refractivity contribution is 0.311. The average molecular weight is 544 g/mol. The molecule has 5 rings (SSSR count). The van der Waals surface area contributed by atoms with Crippen LogP contribution < -0.4 is 10.2 Å². The van der Waals surface area contributed by atoms with E-state index in [0.29, 0.717) is 33.9 Å². The van der Waals surface area contributed by atoms with E-state index in [2.05, 4.69) is 20.2 Å². The summed E-state index contributed by atoms with van der Waals surface area (Å²) in [6.45, 7) is 3.22. The number of halogens is 5. The van der Waals surface area contributed by atoms with E-state index < -0.39 is 11.6 Å². The fourth-order valence-corrected chi connectivity index (χ4v) is 4.49. The minimum absolute atomic E-state index is 0.0569. The third-order valence-corrected chi connectivity index (χ3v) is 6.78. The van der Waals surface area contributed by atoms with Gasteiger partial charge in [0.1, 0.15) is 17.5 Å². The molecule has 4 aromatic rings. The Bertz CT molecular complexity index is 1390. The maximum absolute atomic E-state index is 15.1. The monoisotopic (exact) mass is 543 g/mol. The third kappa shape index (κ3) is 5.66. The molecule has 1 aliphatic heterocycles. The standard InChI is InChI=1S/C27H22Cl2F3N5/c1-36-8-10-37(11-9-36)26-7-4-18(14-23(26)32)33-27-34-24(16-2-5-21(30)19(28)12-16)15-25(35-27)17-3-6-22(31)20(29)13-17/h2-7,12-15H,8-11H2,1H3,(H,33,34,35). The molecule has 0 radical (unpaired) electrons. The Balaban J connectivity index is 1.50. The van der Waals surface area contributed by atoms with E-state index in [1.54, 1.807) is 30.3 Å². The Labute approximate surface area is 222 Å². The zero-order valence-corrected chi connectivity index (χ0v) is 21.3. The Morgan fingerprint density at radius 1 is 0.703 bits per heavy atom. The first kappa shape index (κ1) is 25.3. The largest absolute Gasteiger partial charge is 0.367 e. The van der Waals surface area contributed by atoms with Gasteiger partial charge in [0, 0.05) is 43.0 Å². The highest BCUT2D eigenvalue weighted by Gasteiger charge is 2.18. The molecule has 0 unspecified atom stereocenters. The molecule has 0 spiro atoms. The van der Waals surface area contributed by atoms with Crippen molar-refractivity contribution in [1.29, 1.82) is 0 Å². The van der Waals surface area contributed by atoms with Gasteiger partial charge in [-0.2, -0.15) is 0 Å². The molecule has 1 aliphatic rings. The van der Waals surface area contributed by atoms with Crippen molar-refractivity contribution in [3.05, 3.63) is 88.2 Å². The number of anilines is 3. The van der Waals surface area contributed by atoms with Gasteiger partial charge in [0.25, 0.3) is 0 Å². The molecule has 1 saturated heterocycles. The number of likely N-dealkylation sites (N-methyl/N-ethyl adjacent to an activating group) is 1. The molecule has 0 amide bonds. The van der Waals surface area contributed by atoms with Crippen molar-refractivity contribution >= 4 is 40.5 Å². The maximum Gasteiger partial charge on any atom is 0.228 e. The molecular formula is C27H22Cl2F3N5. The second-order valence-electron chi connectivity index (χ2n) is 8.80. The number of hydrogen-bond donors (Lipinski definition) is 1. The first-order chi connectivity index (χ1) is 17.8. The molecular weight excluding hydrogens is 522 g/mol. The van der Waals surface area contributed by atoms with E-state index in [1.165, 1.54) is 30.3 Å². The van der Waals surface area contributed by atoms with Crippen molar-refractivity contribution in [2.75, 3.05) is 43.4 Å². The van der Waals surface area contributed by atoms with Crippen LogP contribution in [0.4, 0.5) is 30.5 Å². The van der Waals surface area contributed by atoms with E-state index >= 15 is 4.39 Å². The molecule has 1 N–H and O–H groups in total. The Morgan fingerprint density at radius 2 is 1.27 bits per heavy atom. The quantitative estimate of drug-likeness (QED) is 0.292. The van der Waals surface area contributed by atoms with Crippen molar-refractivity contribution in [1.82, 2.24) is 14.9 Å².